The summed E-state index contributed by atoms with van der Waals surface area (Å²) >= 11 is 0. The van der Waals surface area contributed by atoms with E-state index in [9.17, 15) is 4.79 Å². The summed E-state index contributed by atoms with van der Waals surface area (Å²) in [6.45, 7) is 5.11. The van der Waals surface area contributed by atoms with Crippen molar-refractivity contribution in [1.29, 1.82) is 0 Å². The number of fused-ring (bicyclic) bond motifs is 2. The molecule has 0 saturated heterocycles. The van der Waals surface area contributed by atoms with Crippen molar-refractivity contribution in [3.63, 3.8) is 0 Å². The van der Waals surface area contributed by atoms with Crippen molar-refractivity contribution in [2.75, 3.05) is 13.3 Å². The highest BCUT2D eigenvalue weighted by Gasteiger charge is 2.28. The molecule has 2 aromatic carbocycles. The zero-order valence-corrected chi connectivity index (χ0v) is 16.4. The zero-order valence-electron chi connectivity index (χ0n) is 16.4. The largest absolute Gasteiger partial charge is 0.454 e. The lowest BCUT2D eigenvalue weighted by molar-refractivity contribution is -0.121. The fourth-order valence-electron chi connectivity index (χ4n) is 3.96. The minimum atomic E-state index is -0.116. The molecule has 0 fully saturated rings. The molecular formula is C23H26N2O3. The van der Waals surface area contributed by atoms with E-state index >= 15 is 0 Å². The predicted molar refractivity (Wildman–Crippen MR) is 110 cm³/mol. The van der Waals surface area contributed by atoms with E-state index in [4.69, 9.17) is 9.47 Å². The van der Waals surface area contributed by atoms with Crippen molar-refractivity contribution in [2.24, 2.45) is 0 Å². The van der Waals surface area contributed by atoms with Crippen LogP contribution in [-0.2, 0) is 11.2 Å². The molecule has 0 spiro atoms. The van der Waals surface area contributed by atoms with E-state index in [1.54, 1.807) is 0 Å². The SMILES string of the molecule is CCCNC(=O)C[C@@H](c1cccc2c1OCO2)c1c[nH]c2c(CC)cccc12. The summed E-state index contributed by atoms with van der Waals surface area (Å²) in [5.41, 5.74) is 4.52. The minimum Gasteiger partial charge on any atom is -0.454 e. The number of hydrogen-bond acceptors (Lipinski definition) is 3. The lowest BCUT2D eigenvalue weighted by Crippen LogP contribution is -2.26. The van der Waals surface area contributed by atoms with Crippen LogP contribution in [0.4, 0.5) is 0 Å². The molecule has 0 saturated carbocycles. The maximum atomic E-state index is 12.6. The molecular weight excluding hydrogens is 352 g/mol. The molecule has 28 heavy (non-hydrogen) atoms. The first kappa shape index (κ1) is 18.4. The summed E-state index contributed by atoms with van der Waals surface area (Å²) in [6.07, 6.45) is 4.28. The van der Waals surface area contributed by atoms with Gasteiger partial charge >= 0.3 is 0 Å². The van der Waals surface area contributed by atoms with Crippen LogP contribution in [0.3, 0.4) is 0 Å². The van der Waals surface area contributed by atoms with Crippen molar-refractivity contribution in [3.8, 4) is 11.5 Å². The maximum absolute atomic E-state index is 12.6. The normalized spacial score (nSPS) is 13.6. The van der Waals surface area contributed by atoms with E-state index < -0.39 is 0 Å². The van der Waals surface area contributed by atoms with Crippen LogP contribution >= 0.6 is 0 Å². The molecule has 5 heteroatoms. The highest BCUT2D eigenvalue weighted by molar-refractivity contribution is 5.88. The molecule has 1 aliphatic rings. The molecule has 1 atom stereocenters. The average Bonchev–Trinajstić information content (AvgIpc) is 3.37. The Morgan fingerprint density at radius 3 is 2.82 bits per heavy atom. The van der Waals surface area contributed by atoms with Crippen molar-refractivity contribution < 1.29 is 14.3 Å². The smallest absolute Gasteiger partial charge is 0.231 e. The Morgan fingerprint density at radius 2 is 2.00 bits per heavy atom. The number of amides is 1. The van der Waals surface area contributed by atoms with E-state index in [1.807, 2.05) is 24.4 Å². The Kier molecular flexibility index (Phi) is 5.24. The quantitative estimate of drug-likeness (QED) is 0.636. The highest BCUT2D eigenvalue weighted by Crippen LogP contribution is 2.44. The van der Waals surface area contributed by atoms with Crippen molar-refractivity contribution in [2.45, 2.75) is 39.0 Å². The van der Waals surface area contributed by atoms with E-state index in [0.717, 1.165) is 46.4 Å². The number of carbonyl (C=O) groups is 1. The molecule has 0 unspecified atom stereocenters. The minimum absolute atomic E-state index is 0.0457. The fourth-order valence-corrected chi connectivity index (χ4v) is 3.96. The summed E-state index contributed by atoms with van der Waals surface area (Å²) in [7, 11) is 0. The summed E-state index contributed by atoms with van der Waals surface area (Å²) in [5, 5.41) is 4.17. The standard InChI is InChI=1S/C23H26N2O3/c1-3-11-24-21(26)12-18(17-9-6-10-20-23(17)28-14-27-20)19-13-25-22-15(4-2)7-5-8-16(19)22/h5-10,13,18,25H,3-4,11-12,14H2,1-2H3,(H,24,26)/t18-/m0/s1. The molecule has 2 heterocycles. The molecule has 1 amide bonds. The van der Waals surface area contributed by atoms with Gasteiger partial charge in [0.2, 0.25) is 12.7 Å². The number of H-pyrrole nitrogens is 1. The Morgan fingerprint density at radius 1 is 1.14 bits per heavy atom. The number of hydrogen-bond donors (Lipinski definition) is 2. The van der Waals surface area contributed by atoms with E-state index in [2.05, 4.69) is 42.3 Å². The van der Waals surface area contributed by atoms with Gasteiger partial charge in [0.25, 0.3) is 0 Å². The third-order valence-corrected chi connectivity index (χ3v) is 5.35. The third kappa shape index (κ3) is 3.33. The summed E-state index contributed by atoms with van der Waals surface area (Å²) in [4.78, 5) is 16.1. The Labute approximate surface area is 165 Å². The molecule has 0 aliphatic carbocycles. The number of para-hydroxylation sites is 2. The van der Waals surface area contributed by atoms with Gasteiger partial charge in [-0.25, -0.2) is 0 Å². The first-order valence-corrected chi connectivity index (χ1v) is 9.97. The number of rotatable bonds is 7. The van der Waals surface area contributed by atoms with Gasteiger partial charge in [0.05, 0.1) is 0 Å². The van der Waals surface area contributed by atoms with E-state index in [1.165, 1.54) is 5.56 Å². The van der Waals surface area contributed by atoms with Gasteiger partial charge in [0.15, 0.2) is 11.5 Å². The zero-order chi connectivity index (χ0) is 19.5. The Bertz CT molecular complexity index is 993. The monoisotopic (exact) mass is 378 g/mol. The molecule has 146 valence electrons. The van der Waals surface area contributed by atoms with E-state index in [0.29, 0.717) is 13.0 Å². The number of carbonyl (C=O) groups excluding carboxylic acids is 1. The summed E-state index contributed by atoms with van der Waals surface area (Å²) in [5.74, 6) is 1.42. The van der Waals surface area contributed by atoms with Crippen molar-refractivity contribution in [1.82, 2.24) is 10.3 Å². The first-order valence-electron chi connectivity index (χ1n) is 9.97. The second-order valence-electron chi connectivity index (χ2n) is 7.12. The molecule has 2 N–H and O–H groups in total. The highest BCUT2D eigenvalue weighted by atomic mass is 16.7. The molecule has 4 rings (SSSR count). The fraction of sp³-hybridized carbons (Fsp3) is 0.348. The van der Waals surface area contributed by atoms with Gasteiger partial charge in [-0.3, -0.25) is 4.79 Å². The molecule has 0 bridgehead atoms. The second kappa shape index (κ2) is 7.97. The topological polar surface area (TPSA) is 63.4 Å². The number of nitrogens with one attached hydrogen (secondary N) is 2. The molecule has 1 aromatic heterocycles. The van der Waals surface area contributed by atoms with Crippen LogP contribution in [0, 0.1) is 0 Å². The number of ether oxygens (including phenoxy) is 2. The van der Waals surface area contributed by atoms with Gasteiger partial charge in [0, 0.05) is 41.5 Å². The van der Waals surface area contributed by atoms with Crippen LogP contribution in [-0.4, -0.2) is 24.2 Å². The van der Waals surface area contributed by atoms with Gasteiger partial charge in [-0.05, 0) is 30.0 Å². The predicted octanol–water partition coefficient (Wildman–Crippen LogP) is 4.51. The third-order valence-electron chi connectivity index (χ3n) is 5.35. The van der Waals surface area contributed by atoms with Gasteiger partial charge in [-0.1, -0.05) is 44.2 Å². The lowest BCUT2D eigenvalue weighted by Gasteiger charge is -2.19. The Hall–Kier alpha value is -2.95. The van der Waals surface area contributed by atoms with Crippen LogP contribution in [0.1, 0.15) is 49.3 Å². The van der Waals surface area contributed by atoms with Crippen LogP contribution in [0.5, 0.6) is 11.5 Å². The van der Waals surface area contributed by atoms with Crippen LogP contribution in [0.25, 0.3) is 10.9 Å². The van der Waals surface area contributed by atoms with Gasteiger partial charge in [-0.15, -0.1) is 0 Å². The molecule has 3 aromatic rings. The van der Waals surface area contributed by atoms with Crippen molar-refractivity contribution >= 4 is 16.8 Å². The van der Waals surface area contributed by atoms with Crippen molar-refractivity contribution in [3.05, 3.63) is 59.3 Å². The lowest BCUT2D eigenvalue weighted by atomic mass is 9.86. The van der Waals surface area contributed by atoms with Gasteiger partial charge in [0.1, 0.15) is 0 Å². The van der Waals surface area contributed by atoms with Crippen LogP contribution in [0.15, 0.2) is 42.6 Å². The molecule has 5 nitrogen and oxygen atoms in total. The van der Waals surface area contributed by atoms with E-state index in [-0.39, 0.29) is 18.6 Å². The Balaban J connectivity index is 1.80. The average molecular weight is 378 g/mol. The first-order chi connectivity index (χ1) is 13.7. The number of aryl methyl sites for hydroxylation is 1. The second-order valence-corrected chi connectivity index (χ2v) is 7.12. The summed E-state index contributed by atoms with van der Waals surface area (Å²) < 4.78 is 11.3. The molecule has 1 aliphatic heterocycles. The number of aromatic amines is 1. The number of aromatic nitrogens is 1. The molecule has 0 radical (unpaired) electrons. The van der Waals surface area contributed by atoms with Gasteiger partial charge < -0.3 is 19.8 Å². The maximum Gasteiger partial charge on any atom is 0.231 e. The number of benzene rings is 2. The van der Waals surface area contributed by atoms with Gasteiger partial charge in [-0.2, -0.15) is 0 Å². The van der Waals surface area contributed by atoms with Crippen LogP contribution in [0.2, 0.25) is 0 Å². The summed E-state index contributed by atoms with van der Waals surface area (Å²) in [6, 6.07) is 12.3. The van der Waals surface area contributed by atoms with Crippen LogP contribution < -0.4 is 14.8 Å².